The molecule has 0 amide bonds. The lowest BCUT2D eigenvalue weighted by atomic mass is 10.1. The van der Waals surface area contributed by atoms with Crippen molar-refractivity contribution < 1.29 is 14.3 Å². The summed E-state index contributed by atoms with van der Waals surface area (Å²) in [6.45, 7) is 1.10. The number of carbonyl (C=O) groups is 1. The summed E-state index contributed by atoms with van der Waals surface area (Å²) in [5, 5.41) is 9.10. The Labute approximate surface area is 116 Å². The Balaban J connectivity index is 2.11. The predicted octanol–water partition coefficient (Wildman–Crippen LogP) is 2.55. The van der Waals surface area contributed by atoms with Crippen LogP contribution in [-0.4, -0.2) is 28.0 Å². The molecule has 4 nitrogen and oxygen atoms in total. The van der Waals surface area contributed by atoms with E-state index in [0.717, 1.165) is 11.6 Å². The van der Waals surface area contributed by atoms with Crippen LogP contribution in [0, 0.1) is 5.82 Å². The highest BCUT2D eigenvalue weighted by atomic mass is 19.1. The number of carboxylic acid groups (broad SMARTS) is 1. The minimum atomic E-state index is -1.11. The van der Waals surface area contributed by atoms with Gasteiger partial charge in [0.05, 0.1) is 5.56 Å². The van der Waals surface area contributed by atoms with E-state index in [0.29, 0.717) is 18.7 Å². The highest BCUT2D eigenvalue weighted by Crippen LogP contribution is 2.14. The quantitative estimate of drug-likeness (QED) is 0.910. The first kappa shape index (κ1) is 14.1. The average molecular weight is 274 g/mol. The van der Waals surface area contributed by atoms with Gasteiger partial charge in [0, 0.05) is 25.5 Å². The normalized spacial score (nSPS) is 10.8. The minimum Gasteiger partial charge on any atom is -0.478 e. The minimum absolute atomic E-state index is 0.00609. The standard InChI is InChI=1S/C15H15FN2O2/c1-18(9-11-4-6-17-7-5-11)10-12-2-3-13(16)8-14(12)15(19)20/h2-8H,9-10H2,1H3,(H,19,20). The van der Waals surface area contributed by atoms with Crippen molar-refractivity contribution in [3.8, 4) is 0 Å². The maximum Gasteiger partial charge on any atom is 0.336 e. The maximum atomic E-state index is 13.1. The molecule has 0 aliphatic rings. The molecule has 1 aromatic heterocycles. The van der Waals surface area contributed by atoms with Crippen molar-refractivity contribution >= 4 is 5.97 Å². The summed E-state index contributed by atoms with van der Waals surface area (Å²) in [7, 11) is 1.88. The number of rotatable bonds is 5. The number of aromatic carboxylic acids is 1. The molecule has 0 spiro atoms. The molecule has 1 N–H and O–H groups in total. The third-order valence-corrected chi connectivity index (χ3v) is 2.94. The van der Waals surface area contributed by atoms with Crippen LogP contribution in [0.2, 0.25) is 0 Å². The van der Waals surface area contributed by atoms with Crippen LogP contribution in [0.4, 0.5) is 4.39 Å². The lowest BCUT2D eigenvalue weighted by molar-refractivity contribution is 0.0694. The summed E-state index contributed by atoms with van der Waals surface area (Å²) >= 11 is 0. The zero-order valence-electron chi connectivity index (χ0n) is 11.1. The SMILES string of the molecule is CN(Cc1ccncc1)Cc1ccc(F)cc1C(=O)O. The van der Waals surface area contributed by atoms with E-state index in [9.17, 15) is 9.18 Å². The fourth-order valence-corrected chi connectivity index (χ4v) is 2.03. The number of pyridine rings is 1. The number of nitrogens with zero attached hydrogens (tertiary/aromatic N) is 2. The Kier molecular flexibility index (Phi) is 4.42. The highest BCUT2D eigenvalue weighted by Gasteiger charge is 2.13. The number of hydrogen-bond acceptors (Lipinski definition) is 3. The van der Waals surface area contributed by atoms with Crippen molar-refractivity contribution in [2.75, 3.05) is 7.05 Å². The lowest BCUT2D eigenvalue weighted by Crippen LogP contribution is -2.19. The smallest absolute Gasteiger partial charge is 0.336 e. The third-order valence-electron chi connectivity index (χ3n) is 2.94. The summed E-state index contributed by atoms with van der Waals surface area (Å²) in [4.78, 5) is 17.0. The summed E-state index contributed by atoms with van der Waals surface area (Å²) < 4.78 is 13.1. The molecular weight excluding hydrogens is 259 g/mol. The van der Waals surface area contributed by atoms with Gasteiger partial charge in [0.1, 0.15) is 5.82 Å². The summed E-state index contributed by atoms with van der Waals surface area (Å²) in [6.07, 6.45) is 3.42. The van der Waals surface area contributed by atoms with E-state index in [2.05, 4.69) is 4.98 Å². The average Bonchev–Trinajstić information content (AvgIpc) is 2.41. The van der Waals surface area contributed by atoms with E-state index in [4.69, 9.17) is 5.11 Å². The lowest BCUT2D eigenvalue weighted by Gasteiger charge is -2.18. The van der Waals surface area contributed by atoms with Crippen molar-refractivity contribution in [2.45, 2.75) is 13.1 Å². The van der Waals surface area contributed by atoms with Gasteiger partial charge >= 0.3 is 5.97 Å². The van der Waals surface area contributed by atoms with Crippen molar-refractivity contribution in [1.82, 2.24) is 9.88 Å². The Hall–Kier alpha value is -2.27. The van der Waals surface area contributed by atoms with E-state index in [1.807, 2.05) is 24.1 Å². The summed E-state index contributed by atoms with van der Waals surface area (Å²) in [5.74, 6) is -1.65. The van der Waals surface area contributed by atoms with Gasteiger partial charge in [-0.1, -0.05) is 6.07 Å². The first-order valence-corrected chi connectivity index (χ1v) is 6.15. The molecule has 20 heavy (non-hydrogen) atoms. The van der Waals surface area contributed by atoms with Crippen LogP contribution in [0.15, 0.2) is 42.7 Å². The second-order valence-electron chi connectivity index (χ2n) is 4.63. The van der Waals surface area contributed by atoms with Crippen LogP contribution in [0.25, 0.3) is 0 Å². The number of halogens is 1. The van der Waals surface area contributed by atoms with E-state index < -0.39 is 11.8 Å². The van der Waals surface area contributed by atoms with Gasteiger partial charge < -0.3 is 5.11 Å². The summed E-state index contributed by atoms with van der Waals surface area (Å²) in [6, 6.07) is 7.65. The number of hydrogen-bond donors (Lipinski definition) is 1. The molecule has 104 valence electrons. The molecular formula is C15H15FN2O2. The first-order valence-electron chi connectivity index (χ1n) is 6.15. The Morgan fingerprint density at radius 3 is 2.60 bits per heavy atom. The van der Waals surface area contributed by atoms with Crippen LogP contribution in [-0.2, 0) is 13.1 Å². The van der Waals surface area contributed by atoms with Crippen LogP contribution in [0.1, 0.15) is 21.5 Å². The molecule has 0 unspecified atom stereocenters. The zero-order chi connectivity index (χ0) is 14.5. The van der Waals surface area contributed by atoms with Gasteiger partial charge in [0.2, 0.25) is 0 Å². The van der Waals surface area contributed by atoms with Crippen molar-refractivity contribution in [2.24, 2.45) is 0 Å². The molecule has 0 aliphatic carbocycles. The van der Waals surface area contributed by atoms with Crippen LogP contribution in [0.5, 0.6) is 0 Å². The Morgan fingerprint density at radius 2 is 1.95 bits per heavy atom. The van der Waals surface area contributed by atoms with E-state index in [1.165, 1.54) is 12.1 Å². The molecule has 2 aromatic rings. The second-order valence-corrected chi connectivity index (χ2v) is 4.63. The first-order chi connectivity index (χ1) is 9.56. The van der Waals surface area contributed by atoms with Gasteiger partial charge in [0.15, 0.2) is 0 Å². The van der Waals surface area contributed by atoms with Crippen LogP contribution >= 0.6 is 0 Å². The molecule has 0 fully saturated rings. The molecule has 5 heteroatoms. The molecule has 0 saturated heterocycles. The third kappa shape index (κ3) is 3.61. The zero-order valence-corrected chi connectivity index (χ0v) is 11.1. The molecule has 0 bridgehead atoms. The number of aromatic nitrogens is 1. The van der Waals surface area contributed by atoms with Gasteiger partial charge in [0.25, 0.3) is 0 Å². The summed E-state index contributed by atoms with van der Waals surface area (Å²) in [5.41, 5.74) is 1.68. The monoisotopic (exact) mass is 274 g/mol. The molecule has 1 heterocycles. The van der Waals surface area contributed by atoms with Crippen LogP contribution < -0.4 is 0 Å². The fourth-order valence-electron chi connectivity index (χ4n) is 2.03. The van der Waals surface area contributed by atoms with Crippen molar-refractivity contribution in [3.63, 3.8) is 0 Å². The molecule has 0 radical (unpaired) electrons. The maximum absolute atomic E-state index is 13.1. The van der Waals surface area contributed by atoms with E-state index >= 15 is 0 Å². The van der Waals surface area contributed by atoms with E-state index in [-0.39, 0.29) is 5.56 Å². The van der Waals surface area contributed by atoms with E-state index in [1.54, 1.807) is 12.4 Å². The predicted molar refractivity (Wildman–Crippen MR) is 72.8 cm³/mol. The van der Waals surface area contributed by atoms with Crippen LogP contribution in [0.3, 0.4) is 0 Å². The van der Waals surface area contributed by atoms with Gasteiger partial charge in [-0.15, -0.1) is 0 Å². The molecule has 0 saturated carbocycles. The van der Waals surface area contributed by atoms with Gasteiger partial charge in [-0.05, 0) is 42.4 Å². The second kappa shape index (κ2) is 6.25. The van der Waals surface area contributed by atoms with Gasteiger partial charge in [-0.2, -0.15) is 0 Å². The van der Waals surface area contributed by atoms with Crippen molar-refractivity contribution in [3.05, 3.63) is 65.2 Å². The van der Waals surface area contributed by atoms with Crippen molar-refractivity contribution in [1.29, 1.82) is 0 Å². The topological polar surface area (TPSA) is 53.4 Å². The fraction of sp³-hybridized carbons (Fsp3) is 0.200. The molecule has 2 rings (SSSR count). The molecule has 0 aliphatic heterocycles. The highest BCUT2D eigenvalue weighted by molar-refractivity contribution is 5.89. The number of carboxylic acids is 1. The largest absolute Gasteiger partial charge is 0.478 e. The Bertz CT molecular complexity index is 602. The molecule has 1 aromatic carbocycles. The van der Waals surface area contributed by atoms with Gasteiger partial charge in [-0.25, -0.2) is 9.18 Å². The Morgan fingerprint density at radius 1 is 1.25 bits per heavy atom. The molecule has 0 atom stereocenters. The van der Waals surface area contributed by atoms with Gasteiger partial charge in [-0.3, -0.25) is 9.88 Å². The number of benzene rings is 1.